The van der Waals surface area contributed by atoms with Gasteiger partial charge in [0.05, 0.1) is 17.2 Å². The summed E-state index contributed by atoms with van der Waals surface area (Å²) in [4.78, 5) is 12.1. The quantitative estimate of drug-likeness (QED) is 0.321. The molecule has 30 heavy (non-hydrogen) atoms. The first-order valence-electron chi connectivity index (χ1n) is 10.5. The van der Waals surface area contributed by atoms with E-state index in [0.717, 1.165) is 22.0 Å². The SMILES string of the molecule is CCOC(=O)C(F)=C(C)c1cc2c(c(Br)c1OC(C)C)C(C)(C)CC=C2C(C)(C)C. The third-order valence-electron chi connectivity index (χ3n) is 5.35. The maximum atomic E-state index is 14.9. The van der Waals surface area contributed by atoms with E-state index in [0.29, 0.717) is 11.3 Å². The Morgan fingerprint density at radius 2 is 1.90 bits per heavy atom. The highest BCUT2D eigenvalue weighted by Crippen LogP contribution is 2.52. The summed E-state index contributed by atoms with van der Waals surface area (Å²) < 4.78 is 26.8. The average Bonchev–Trinajstić information content (AvgIpc) is 2.60. The molecule has 5 heteroatoms. The van der Waals surface area contributed by atoms with Crippen molar-refractivity contribution in [3.05, 3.63) is 39.1 Å². The van der Waals surface area contributed by atoms with E-state index in [2.05, 4.69) is 56.6 Å². The van der Waals surface area contributed by atoms with E-state index in [1.54, 1.807) is 13.8 Å². The minimum atomic E-state index is -0.953. The number of halogens is 2. The first-order valence-corrected chi connectivity index (χ1v) is 11.3. The molecule has 0 amide bonds. The van der Waals surface area contributed by atoms with Crippen LogP contribution in [0.3, 0.4) is 0 Å². The molecule has 0 radical (unpaired) electrons. The van der Waals surface area contributed by atoms with Crippen LogP contribution in [0.2, 0.25) is 0 Å². The lowest BCUT2D eigenvalue weighted by Gasteiger charge is -2.38. The van der Waals surface area contributed by atoms with Crippen LogP contribution in [0.15, 0.2) is 22.4 Å². The van der Waals surface area contributed by atoms with E-state index in [1.807, 2.05) is 19.9 Å². The summed E-state index contributed by atoms with van der Waals surface area (Å²) >= 11 is 3.79. The summed E-state index contributed by atoms with van der Waals surface area (Å²) in [6.07, 6.45) is 3.07. The molecule has 3 nitrogen and oxygen atoms in total. The number of esters is 1. The zero-order valence-corrected chi connectivity index (χ0v) is 21.2. The molecule has 0 heterocycles. The first kappa shape index (κ1) is 24.6. The minimum Gasteiger partial charge on any atom is -0.489 e. The van der Waals surface area contributed by atoms with Crippen LogP contribution in [0.1, 0.15) is 85.4 Å². The fourth-order valence-corrected chi connectivity index (χ4v) is 4.94. The molecule has 1 aliphatic rings. The average molecular weight is 481 g/mol. The molecule has 1 aromatic carbocycles. The fraction of sp³-hybridized carbons (Fsp3) is 0.560. The van der Waals surface area contributed by atoms with Gasteiger partial charge in [0.15, 0.2) is 0 Å². The number of hydrogen-bond donors (Lipinski definition) is 0. The lowest BCUT2D eigenvalue weighted by molar-refractivity contribution is -0.140. The van der Waals surface area contributed by atoms with Gasteiger partial charge >= 0.3 is 5.97 Å². The Balaban J connectivity index is 2.90. The second-order valence-electron chi connectivity index (χ2n) is 9.77. The van der Waals surface area contributed by atoms with Gasteiger partial charge in [0.2, 0.25) is 5.83 Å². The summed E-state index contributed by atoms with van der Waals surface area (Å²) in [7, 11) is 0. The van der Waals surface area contributed by atoms with E-state index in [4.69, 9.17) is 9.47 Å². The molecule has 166 valence electrons. The Labute approximate surface area is 188 Å². The monoisotopic (exact) mass is 480 g/mol. The largest absolute Gasteiger partial charge is 0.489 e. The number of ether oxygens (including phenoxy) is 2. The number of fused-ring (bicyclic) bond motifs is 1. The lowest BCUT2D eigenvalue weighted by Crippen LogP contribution is -2.26. The highest BCUT2D eigenvalue weighted by atomic mass is 79.9. The summed E-state index contributed by atoms with van der Waals surface area (Å²) in [5.41, 5.74) is 4.00. The number of benzene rings is 1. The Morgan fingerprint density at radius 3 is 2.40 bits per heavy atom. The fourth-order valence-electron chi connectivity index (χ4n) is 3.88. The van der Waals surface area contributed by atoms with Gasteiger partial charge < -0.3 is 9.47 Å². The first-order chi connectivity index (χ1) is 13.7. The number of carbonyl (C=O) groups excluding carboxylic acids is 1. The van der Waals surface area contributed by atoms with Gasteiger partial charge in [-0.25, -0.2) is 4.79 Å². The molecule has 0 saturated heterocycles. The zero-order chi connectivity index (χ0) is 23.0. The molecule has 2 rings (SSSR count). The Bertz CT molecular complexity index is 902. The maximum absolute atomic E-state index is 14.9. The number of allylic oxidation sites excluding steroid dienone is 3. The van der Waals surface area contributed by atoms with Gasteiger partial charge in [-0.15, -0.1) is 0 Å². The number of rotatable bonds is 5. The summed E-state index contributed by atoms with van der Waals surface area (Å²) in [5.74, 6) is -1.29. The molecule has 0 spiro atoms. The molecule has 1 aromatic rings. The lowest BCUT2D eigenvalue weighted by atomic mass is 9.67. The molecule has 0 fully saturated rings. The smallest absolute Gasteiger partial charge is 0.367 e. The van der Waals surface area contributed by atoms with Gasteiger partial charge in [-0.05, 0) is 83.6 Å². The predicted molar refractivity (Wildman–Crippen MR) is 125 cm³/mol. The summed E-state index contributed by atoms with van der Waals surface area (Å²) in [5, 5.41) is 0. The molecule has 0 bridgehead atoms. The van der Waals surface area contributed by atoms with Crippen molar-refractivity contribution in [1.82, 2.24) is 0 Å². The number of hydrogen-bond acceptors (Lipinski definition) is 3. The van der Waals surface area contributed by atoms with Gasteiger partial charge in [-0.1, -0.05) is 40.7 Å². The molecule has 0 unspecified atom stereocenters. The number of carbonyl (C=O) groups is 1. The predicted octanol–water partition coefficient (Wildman–Crippen LogP) is 7.61. The molecular weight excluding hydrogens is 447 g/mol. The van der Waals surface area contributed by atoms with Gasteiger partial charge in [0.1, 0.15) is 5.75 Å². The minimum absolute atomic E-state index is 0.0836. The Hall–Kier alpha value is -1.62. The van der Waals surface area contributed by atoms with Crippen LogP contribution in [-0.2, 0) is 14.9 Å². The van der Waals surface area contributed by atoms with Crippen molar-refractivity contribution >= 4 is 33.0 Å². The van der Waals surface area contributed by atoms with Crippen LogP contribution >= 0.6 is 15.9 Å². The second kappa shape index (κ2) is 8.86. The Kier molecular flexibility index (Phi) is 7.28. The zero-order valence-electron chi connectivity index (χ0n) is 19.6. The summed E-state index contributed by atoms with van der Waals surface area (Å²) in [6.45, 7) is 18.2. The molecule has 0 aromatic heterocycles. The highest BCUT2D eigenvalue weighted by Gasteiger charge is 2.37. The van der Waals surface area contributed by atoms with Gasteiger partial charge in [0.25, 0.3) is 0 Å². The van der Waals surface area contributed by atoms with Crippen LogP contribution in [0.4, 0.5) is 4.39 Å². The van der Waals surface area contributed by atoms with E-state index >= 15 is 0 Å². The van der Waals surface area contributed by atoms with Crippen LogP contribution in [0, 0.1) is 5.41 Å². The third kappa shape index (κ3) is 4.82. The Morgan fingerprint density at radius 1 is 1.30 bits per heavy atom. The normalized spacial score (nSPS) is 16.6. The summed E-state index contributed by atoms with van der Waals surface area (Å²) in [6, 6.07) is 1.98. The van der Waals surface area contributed by atoms with E-state index in [9.17, 15) is 9.18 Å². The molecule has 0 atom stereocenters. The van der Waals surface area contributed by atoms with Crippen LogP contribution in [0.5, 0.6) is 5.75 Å². The van der Waals surface area contributed by atoms with Crippen molar-refractivity contribution in [3.63, 3.8) is 0 Å². The van der Waals surface area contributed by atoms with Crippen molar-refractivity contribution in [2.75, 3.05) is 6.61 Å². The van der Waals surface area contributed by atoms with Gasteiger partial charge in [-0.2, -0.15) is 4.39 Å². The van der Waals surface area contributed by atoms with E-state index < -0.39 is 11.8 Å². The molecule has 0 saturated carbocycles. The second-order valence-corrected chi connectivity index (χ2v) is 10.6. The van der Waals surface area contributed by atoms with Crippen LogP contribution < -0.4 is 4.74 Å². The van der Waals surface area contributed by atoms with Crippen LogP contribution in [-0.4, -0.2) is 18.7 Å². The molecular formula is C25H34BrFO3. The maximum Gasteiger partial charge on any atom is 0.367 e. The van der Waals surface area contributed by atoms with Crippen molar-refractivity contribution < 1.29 is 18.7 Å². The van der Waals surface area contributed by atoms with Gasteiger partial charge in [0, 0.05) is 11.1 Å². The van der Waals surface area contributed by atoms with Crippen LogP contribution in [0.25, 0.3) is 11.1 Å². The molecule has 0 N–H and O–H groups in total. The van der Waals surface area contributed by atoms with Crippen molar-refractivity contribution in [2.24, 2.45) is 5.41 Å². The van der Waals surface area contributed by atoms with Crippen molar-refractivity contribution in [3.8, 4) is 5.75 Å². The van der Waals surface area contributed by atoms with E-state index in [1.165, 1.54) is 5.57 Å². The van der Waals surface area contributed by atoms with Crippen molar-refractivity contribution in [2.45, 2.75) is 80.3 Å². The topological polar surface area (TPSA) is 35.5 Å². The van der Waals surface area contributed by atoms with Crippen molar-refractivity contribution in [1.29, 1.82) is 0 Å². The standard InChI is InChI=1S/C25H34BrFO3/c1-10-29-23(28)21(27)15(4)16-13-17-18(24(5,6)7)11-12-25(8,9)19(17)20(26)22(16)30-14(2)3/h11,13-14H,10,12H2,1-9H3. The highest BCUT2D eigenvalue weighted by molar-refractivity contribution is 9.10. The molecule has 0 aliphatic heterocycles. The third-order valence-corrected chi connectivity index (χ3v) is 6.11. The molecule has 1 aliphatic carbocycles. The van der Waals surface area contributed by atoms with E-state index in [-0.39, 0.29) is 29.1 Å². The van der Waals surface area contributed by atoms with Gasteiger partial charge in [-0.3, -0.25) is 0 Å².